The fourth-order valence-corrected chi connectivity index (χ4v) is 6.33. The van der Waals surface area contributed by atoms with Gasteiger partial charge in [-0.15, -0.1) is 0 Å². The average molecular weight is 577 g/mol. The third-order valence-electron chi connectivity index (χ3n) is 8.37. The summed E-state index contributed by atoms with van der Waals surface area (Å²) in [5.74, 6) is 0.314. The molecule has 43 heavy (non-hydrogen) atoms. The van der Waals surface area contributed by atoms with E-state index in [1.165, 1.54) is 5.56 Å². The van der Waals surface area contributed by atoms with E-state index >= 15 is 0 Å². The molecule has 0 saturated carbocycles. The molecule has 4 aromatic rings. The molecule has 0 spiro atoms. The molecule has 1 saturated heterocycles. The second-order valence-corrected chi connectivity index (χ2v) is 11.3. The predicted octanol–water partition coefficient (Wildman–Crippen LogP) is 5.52. The van der Waals surface area contributed by atoms with E-state index in [0.717, 1.165) is 58.8 Å². The lowest BCUT2D eigenvalue weighted by Gasteiger charge is -2.56. The maximum atomic E-state index is 14.0. The van der Waals surface area contributed by atoms with Gasteiger partial charge >= 0.3 is 6.01 Å². The summed E-state index contributed by atoms with van der Waals surface area (Å²) in [4.78, 5) is 40.5. The number of para-hydroxylation sites is 1. The average Bonchev–Trinajstić information content (AvgIpc) is 3.10. The Morgan fingerprint density at radius 2 is 1.65 bits per heavy atom. The number of β-lactam (4-membered cyclic amide) rings is 1. The highest BCUT2D eigenvalue weighted by Crippen LogP contribution is 2.53. The lowest BCUT2D eigenvalue weighted by atomic mass is 9.69. The molecule has 6 rings (SSSR count). The smallest absolute Gasteiger partial charge is 0.317 e. The number of anilines is 1. The molecule has 2 amide bonds. The summed E-state index contributed by atoms with van der Waals surface area (Å²) in [6.07, 6.45) is 2.10. The topological polar surface area (TPSA) is 84.9 Å². The standard InChI is InChI=1S/C35H36N4O4/c1-5-6-10-25-11-9-12-27(20-25)35-29-13-7-8-14-30(29)38(21-26-15-17-28(42-4)18-16-26)31(40)22-39(35)33(41)32(35)43-34-36-23(2)19-24(3)37-34/h7-9,11-20,32H,5-6,10,21-22H2,1-4H3/t32-,35+/m1/s1. The third kappa shape index (κ3) is 5.01. The molecule has 3 aromatic carbocycles. The van der Waals surface area contributed by atoms with Crippen molar-refractivity contribution in [2.24, 2.45) is 0 Å². The summed E-state index contributed by atoms with van der Waals surface area (Å²) in [7, 11) is 1.63. The molecular formula is C35H36N4O4. The van der Waals surface area contributed by atoms with Gasteiger partial charge in [0.25, 0.3) is 5.91 Å². The highest BCUT2D eigenvalue weighted by atomic mass is 16.5. The minimum Gasteiger partial charge on any atom is -0.497 e. The number of aryl methyl sites for hydroxylation is 3. The maximum absolute atomic E-state index is 14.0. The molecule has 1 fully saturated rings. The number of ether oxygens (including phenoxy) is 2. The van der Waals surface area contributed by atoms with Crippen LogP contribution in [0.25, 0.3) is 0 Å². The van der Waals surface area contributed by atoms with Crippen LogP contribution in [0, 0.1) is 13.8 Å². The van der Waals surface area contributed by atoms with Crippen molar-refractivity contribution in [2.75, 3.05) is 18.6 Å². The number of aromatic nitrogens is 2. The number of carbonyl (C=O) groups is 2. The lowest BCUT2D eigenvalue weighted by Crippen LogP contribution is -2.74. The van der Waals surface area contributed by atoms with Gasteiger partial charge in [-0.1, -0.05) is 67.9 Å². The number of unbranched alkanes of at least 4 members (excludes halogenated alkanes) is 1. The molecule has 2 atom stereocenters. The summed E-state index contributed by atoms with van der Waals surface area (Å²) < 4.78 is 11.8. The van der Waals surface area contributed by atoms with Gasteiger partial charge in [0.2, 0.25) is 12.0 Å². The van der Waals surface area contributed by atoms with Crippen LogP contribution in [0.15, 0.2) is 78.9 Å². The molecule has 8 heteroatoms. The van der Waals surface area contributed by atoms with Crippen molar-refractivity contribution in [3.8, 4) is 11.8 Å². The molecule has 0 N–H and O–H groups in total. The zero-order valence-electron chi connectivity index (χ0n) is 25.0. The van der Waals surface area contributed by atoms with Crippen LogP contribution >= 0.6 is 0 Å². The first-order valence-corrected chi connectivity index (χ1v) is 14.8. The zero-order chi connectivity index (χ0) is 30.1. The minimum absolute atomic E-state index is 0.0869. The van der Waals surface area contributed by atoms with Gasteiger partial charge in [0.05, 0.1) is 19.3 Å². The van der Waals surface area contributed by atoms with Crippen LogP contribution in [0.1, 0.15) is 53.4 Å². The number of nitrogens with zero attached hydrogens (tertiary/aromatic N) is 4. The minimum atomic E-state index is -1.05. The Balaban J connectivity index is 1.52. The van der Waals surface area contributed by atoms with E-state index in [9.17, 15) is 9.59 Å². The Labute approximate surface area is 252 Å². The lowest BCUT2D eigenvalue weighted by molar-refractivity contribution is -0.178. The van der Waals surface area contributed by atoms with Gasteiger partial charge in [-0.05, 0) is 67.6 Å². The number of hydrogen-bond acceptors (Lipinski definition) is 6. The Bertz CT molecular complexity index is 1650. The number of amides is 2. The fourth-order valence-electron chi connectivity index (χ4n) is 6.33. The van der Waals surface area contributed by atoms with Gasteiger partial charge in [0, 0.05) is 17.0 Å². The molecule has 0 aliphatic carbocycles. The highest BCUT2D eigenvalue weighted by Gasteiger charge is 2.67. The predicted molar refractivity (Wildman–Crippen MR) is 164 cm³/mol. The van der Waals surface area contributed by atoms with Crippen molar-refractivity contribution in [3.05, 3.63) is 113 Å². The van der Waals surface area contributed by atoms with Gasteiger partial charge in [-0.25, -0.2) is 9.97 Å². The van der Waals surface area contributed by atoms with Crippen molar-refractivity contribution in [1.29, 1.82) is 0 Å². The van der Waals surface area contributed by atoms with Crippen LogP contribution < -0.4 is 14.4 Å². The van der Waals surface area contributed by atoms with E-state index in [1.54, 1.807) is 16.9 Å². The van der Waals surface area contributed by atoms with Gasteiger partial charge in [-0.2, -0.15) is 0 Å². The molecule has 0 bridgehead atoms. The number of methoxy groups -OCH3 is 1. The number of rotatable bonds is 9. The molecule has 0 radical (unpaired) electrons. The molecule has 8 nitrogen and oxygen atoms in total. The summed E-state index contributed by atoms with van der Waals surface area (Å²) in [5.41, 5.74) is 5.06. The van der Waals surface area contributed by atoms with Crippen molar-refractivity contribution in [1.82, 2.24) is 14.9 Å². The van der Waals surface area contributed by atoms with Crippen LogP contribution in [0.4, 0.5) is 5.69 Å². The van der Waals surface area contributed by atoms with Gasteiger partial charge in [0.1, 0.15) is 17.8 Å². The van der Waals surface area contributed by atoms with E-state index in [1.807, 2.05) is 80.6 Å². The molecule has 3 heterocycles. The second-order valence-electron chi connectivity index (χ2n) is 11.3. The van der Waals surface area contributed by atoms with Crippen molar-refractivity contribution < 1.29 is 19.1 Å². The van der Waals surface area contributed by atoms with Crippen LogP contribution in [0.5, 0.6) is 11.8 Å². The number of hydrogen-bond donors (Lipinski definition) is 0. The van der Waals surface area contributed by atoms with Crippen molar-refractivity contribution in [3.63, 3.8) is 0 Å². The summed E-state index contributed by atoms with van der Waals surface area (Å²) >= 11 is 0. The maximum Gasteiger partial charge on any atom is 0.317 e. The molecule has 0 unspecified atom stereocenters. The van der Waals surface area contributed by atoms with E-state index in [4.69, 9.17) is 9.47 Å². The van der Waals surface area contributed by atoms with Crippen LogP contribution in [-0.4, -0.2) is 46.4 Å². The fraction of sp³-hybridized carbons (Fsp3) is 0.314. The van der Waals surface area contributed by atoms with E-state index in [-0.39, 0.29) is 24.4 Å². The highest BCUT2D eigenvalue weighted by molar-refractivity contribution is 6.04. The number of fused-ring (bicyclic) bond motifs is 3. The molecule has 220 valence electrons. The normalized spacial score (nSPS) is 19.3. The molecule has 2 aliphatic heterocycles. The molecule has 1 aromatic heterocycles. The third-order valence-corrected chi connectivity index (χ3v) is 8.37. The number of carbonyl (C=O) groups excluding carboxylic acids is 2. The van der Waals surface area contributed by atoms with E-state index in [0.29, 0.717) is 6.54 Å². The SMILES string of the molecule is CCCCc1cccc([C@@]23c4ccccc4N(Cc4ccc(OC)cc4)C(=O)CN2C(=O)[C@H]3Oc2nc(C)cc(C)n2)c1. The summed E-state index contributed by atoms with van der Waals surface area (Å²) in [5, 5.41) is 0. The van der Waals surface area contributed by atoms with E-state index in [2.05, 4.69) is 29.0 Å². The van der Waals surface area contributed by atoms with Crippen molar-refractivity contribution >= 4 is 17.5 Å². The van der Waals surface area contributed by atoms with E-state index < -0.39 is 11.6 Å². The van der Waals surface area contributed by atoms with Crippen LogP contribution in [0.2, 0.25) is 0 Å². The first-order valence-electron chi connectivity index (χ1n) is 14.8. The monoisotopic (exact) mass is 576 g/mol. The molecular weight excluding hydrogens is 540 g/mol. The second kappa shape index (κ2) is 11.5. The Hall–Kier alpha value is -4.72. The van der Waals surface area contributed by atoms with Crippen LogP contribution in [-0.2, 0) is 28.1 Å². The van der Waals surface area contributed by atoms with Gasteiger partial charge in [0.15, 0.2) is 0 Å². The van der Waals surface area contributed by atoms with Gasteiger partial charge in [-0.3, -0.25) is 9.59 Å². The van der Waals surface area contributed by atoms with Crippen molar-refractivity contribution in [2.45, 2.75) is 58.2 Å². The Morgan fingerprint density at radius 3 is 2.37 bits per heavy atom. The largest absolute Gasteiger partial charge is 0.497 e. The summed E-state index contributed by atoms with van der Waals surface area (Å²) in [6.45, 7) is 6.18. The summed E-state index contributed by atoms with van der Waals surface area (Å²) in [6, 6.07) is 25.9. The zero-order valence-corrected chi connectivity index (χ0v) is 25.0. The first-order chi connectivity index (χ1) is 20.8. The quantitative estimate of drug-likeness (QED) is 0.244. The molecule has 2 aliphatic rings. The Morgan fingerprint density at radius 1 is 0.907 bits per heavy atom. The first kappa shape index (κ1) is 28.4. The van der Waals surface area contributed by atoms with Gasteiger partial charge < -0.3 is 19.3 Å². The van der Waals surface area contributed by atoms with Crippen LogP contribution in [0.3, 0.4) is 0 Å². The number of benzene rings is 3. The Kier molecular flexibility index (Phi) is 7.61.